The smallest absolute Gasteiger partial charge is 0.255 e. The molecule has 0 saturated carbocycles. The van der Waals surface area contributed by atoms with Gasteiger partial charge in [0, 0.05) is 37.3 Å². The van der Waals surface area contributed by atoms with Crippen LogP contribution in [0.2, 0.25) is 0 Å². The summed E-state index contributed by atoms with van der Waals surface area (Å²) >= 11 is 0. The van der Waals surface area contributed by atoms with E-state index in [9.17, 15) is 9.59 Å². The average Bonchev–Trinajstić information content (AvgIpc) is 2.89. The molecule has 0 radical (unpaired) electrons. The molecule has 2 N–H and O–H groups in total. The van der Waals surface area contributed by atoms with Crippen molar-refractivity contribution in [2.24, 2.45) is 0 Å². The number of aromatic nitrogens is 2. The molecule has 0 atom stereocenters. The Hall–Kier alpha value is -3.65. The molecule has 0 spiro atoms. The molecule has 8 nitrogen and oxygen atoms in total. The third-order valence-corrected chi connectivity index (χ3v) is 6.03. The molecule has 2 heterocycles. The van der Waals surface area contributed by atoms with Crippen molar-refractivity contribution in [2.45, 2.75) is 32.8 Å². The summed E-state index contributed by atoms with van der Waals surface area (Å²) in [4.78, 5) is 34.3. The van der Waals surface area contributed by atoms with Gasteiger partial charge in [-0.2, -0.15) is 0 Å². The molecule has 184 valence electrons. The number of H-pyrrole nitrogens is 1. The molecule has 8 heteroatoms. The molecule has 1 aliphatic rings. The van der Waals surface area contributed by atoms with Crippen molar-refractivity contribution < 1.29 is 14.3 Å². The lowest BCUT2D eigenvalue weighted by Crippen LogP contribution is -2.38. The molecule has 1 saturated heterocycles. The van der Waals surface area contributed by atoms with E-state index in [0.29, 0.717) is 63.1 Å². The first-order valence-electron chi connectivity index (χ1n) is 12.0. The fourth-order valence-corrected chi connectivity index (χ4v) is 3.98. The van der Waals surface area contributed by atoms with Crippen LogP contribution in [-0.4, -0.2) is 48.7 Å². The number of amides is 1. The first-order valence-corrected chi connectivity index (χ1v) is 12.0. The molecule has 3 aromatic rings. The molecule has 4 rings (SSSR count). The minimum Gasteiger partial charge on any atom is -0.489 e. The van der Waals surface area contributed by atoms with Gasteiger partial charge in [-0.05, 0) is 43.0 Å². The summed E-state index contributed by atoms with van der Waals surface area (Å²) in [6.45, 7) is 5.53. The highest BCUT2D eigenvalue weighted by molar-refractivity contribution is 5.76. The van der Waals surface area contributed by atoms with E-state index >= 15 is 0 Å². The van der Waals surface area contributed by atoms with Crippen LogP contribution >= 0.6 is 0 Å². The van der Waals surface area contributed by atoms with Gasteiger partial charge in [-0.25, -0.2) is 4.98 Å². The van der Waals surface area contributed by atoms with Gasteiger partial charge in [0.1, 0.15) is 12.4 Å². The van der Waals surface area contributed by atoms with Gasteiger partial charge in [0.2, 0.25) is 11.9 Å². The fourth-order valence-electron chi connectivity index (χ4n) is 3.98. The highest BCUT2D eigenvalue weighted by atomic mass is 16.5. The van der Waals surface area contributed by atoms with Gasteiger partial charge in [-0.1, -0.05) is 42.5 Å². The van der Waals surface area contributed by atoms with Crippen LogP contribution in [0.1, 0.15) is 28.8 Å². The maximum absolute atomic E-state index is 12.6. The maximum Gasteiger partial charge on any atom is 0.255 e. The molecule has 0 bridgehead atoms. The molecule has 2 aromatic carbocycles. The maximum atomic E-state index is 12.6. The van der Waals surface area contributed by atoms with Gasteiger partial charge in [-0.15, -0.1) is 0 Å². The number of carbonyl (C=O) groups excluding carboxylic acids is 1. The lowest BCUT2D eigenvalue weighted by Gasteiger charge is -2.27. The van der Waals surface area contributed by atoms with Crippen molar-refractivity contribution in [3.05, 3.63) is 87.3 Å². The Balaban J connectivity index is 1.19. The monoisotopic (exact) mass is 476 g/mol. The number of aryl methyl sites for hydroxylation is 1. The van der Waals surface area contributed by atoms with Gasteiger partial charge in [0.15, 0.2) is 0 Å². The molecule has 1 aliphatic heterocycles. The Labute approximate surface area is 205 Å². The molecular weight excluding hydrogens is 444 g/mol. The first-order chi connectivity index (χ1) is 17.1. The summed E-state index contributed by atoms with van der Waals surface area (Å²) in [5, 5.41) is 2.94. The third-order valence-electron chi connectivity index (χ3n) is 6.03. The summed E-state index contributed by atoms with van der Waals surface area (Å²) in [7, 11) is 0. The Morgan fingerprint density at radius 3 is 2.51 bits per heavy atom. The molecule has 0 unspecified atom stereocenters. The number of morpholine rings is 1. The van der Waals surface area contributed by atoms with E-state index in [1.54, 1.807) is 0 Å². The highest BCUT2D eigenvalue weighted by Gasteiger charge is 2.16. The average molecular weight is 477 g/mol. The quantitative estimate of drug-likeness (QED) is 0.467. The number of hydrogen-bond acceptors (Lipinski definition) is 6. The van der Waals surface area contributed by atoms with Gasteiger partial charge in [0.25, 0.3) is 5.56 Å². The zero-order chi connectivity index (χ0) is 24.5. The number of hydrogen-bond donors (Lipinski definition) is 2. The van der Waals surface area contributed by atoms with E-state index in [1.807, 2.05) is 66.4 Å². The number of carbonyl (C=O) groups is 1. The van der Waals surface area contributed by atoms with Crippen LogP contribution in [0.4, 0.5) is 5.95 Å². The summed E-state index contributed by atoms with van der Waals surface area (Å²) < 4.78 is 11.2. The number of aromatic amines is 1. The van der Waals surface area contributed by atoms with Crippen molar-refractivity contribution in [1.29, 1.82) is 0 Å². The van der Waals surface area contributed by atoms with Gasteiger partial charge in [0.05, 0.1) is 13.2 Å². The third kappa shape index (κ3) is 7.16. The lowest BCUT2D eigenvalue weighted by atomic mass is 10.1. The van der Waals surface area contributed by atoms with Crippen LogP contribution in [0.15, 0.2) is 59.4 Å². The Bertz CT molecular complexity index is 1160. The molecular formula is C27H32N4O4. The molecule has 1 fully saturated rings. The van der Waals surface area contributed by atoms with Crippen LogP contribution in [0.5, 0.6) is 5.75 Å². The Morgan fingerprint density at radius 1 is 1.06 bits per heavy atom. The van der Waals surface area contributed by atoms with Crippen LogP contribution in [0.3, 0.4) is 0 Å². The second-order valence-corrected chi connectivity index (χ2v) is 8.57. The van der Waals surface area contributed by atoms with Crippen molar-refractivity contribution in [1.82, 2.24) is 15.3 Å². The van der Waals surface area contributed by atoms with Crippen molar-refractivity contribution in [3.63, 3.8) is 0 Å². The molecule has 1 aromatic heterocycles. The van der Waals surface area contributed by atoms with Crippen molar-refractivity contribution >= 4 is 11.9 Å². The van der Waals surface area contributed by atoms with E-state index in [2.05, 4.69) is 15.3 Å². The number of benzene rings is 2. The SMILES string of the molecule is Cc1nc(N2CCOCC2)[nH]c(=O)c1CCC(=O)NCCc1ccc(OCc2ccccc2)cc1. The predicted octanol–water partition coefficient (Wildman–Crippen LogP) is 2.79. The van der Waals surface area contributed by atoms with Gasteiger partial charge < -0.3 is 19.7 Å². The standard InChI is InChI=1S/C27H32N4O4/c1-20-24(26(33)30-27(29-20)31-15-17-34-18-16-31)11-12-25(32)28-14-13-21-7-9-23(10-8-21)35-19-22-5-3-2-4-6-22/h2-10H,11-19H2,1H3,(H,28,32)(H,29,30,33). The lowest BCUT2D eigenvalue weighted by molar-refractivity contribution is -0.121. The van der Waals surface area contributed by atoms with Crippen LogP contribution in [-0.2, 0) is 29.0 Å². The number of ether oxygens (including phenoxy) is 2. The van der Waals surface area contributed by atoms with E-state index in [-0.39, 0.29) is 17.9 Å². The number of nitrogens with one attached hydrogen (secondary N) is 2. The highest BCUT2D eigenvalue weighted by Crippen LogP contribution is 2.15. The Morgan fingerprint density at radius 2 is 1.80 bits per heavy atom. The second-order valence-electron chi connectivity index (χ2n) is 8.57. The Kier molecular flexibility index (Phi) is 8.51. The van der Waals surface area contributed by atoms with E-state index < -0.39 is 0 Å². The van der Waals surface area contributed by atoms with Crippen LogP contribution < -0.4 is 20.5 Å². The van der Waals surface area contributed by atoms with Gasteiger partial charge in [-0.3, -0.25) is 14.6 Å². The van der Waals surface area contributed by atoms with E-state index in [4.69, 9.17) is 9.47 Å². The zero-order valence-electron chi connectivity index (χ0n) is 20.1. The zero-order valence-corrected chi connectivity index (χ0v) is 20.1. The predicted molar refractivity (Wildman–Crippen MR) is 135 cm³/mol. The molecule has 35 heavy (non-hydrogen) atoms. The van der Waals surface area contributed by atoms with Crippen molar-refractivity contribution in [2.75, 3.05) is 37.7 Å². The van der Waals surface area contributed by atoms with Crippen LogP contribution in [0, 0.1) is 6.92 Å². The summed E-state index contributed by atoms with van der Waals surface area (Å²) in [5.74, 6) is 1.31. The van der Waals surface area contributed by atoms with E-state index in [1.165, 1.54) is 0 Å². The van der Waals surface area contributed by atoms with E-state index in [0.717, 1.165) is 23.3 Å². The minimum atomic E-state index is -0.179. The fraction of sp³-hybridized carbons (Fsp3) is 0.370. The number of anilines is 1. The largest absolute Gasteiger partial charge is 0.489 e. The minimum absolute atomic E-state index is 0.0797. The topological polar surface area (TPSA) is 96.6 Å². The first kappa shape index (κ1) is 24.5. The second kappa shape index (κ2) is 12.2. The molecule has 1 amide bonds. The van der Waals surface area contributed by atoms with Crippen molar-refractivity contribution in [3.8, 4) is 5.75 Å². The summed E-state index contributed by atoms with van der Waals surface area (Å²) in [6.07, 6.45) is 1.33. The summed E-state index contributed by atoms with van der Waals surface area (Å²) in [6, 6.07) is 18.0. The normalized spacial score (nSPS) is 13.5. The van der Waals surface area contributed by atoms with Gasteiger partial charge >= 0.3 is 0 Å². The number of nitrogens with zero attached hydrogens (tertiary/aromatic N) is 2. The molecule has 0 aliphatic carbocycles. The number of rotatable bonds is 10. The summed E-state index contributed by atoms with van der Waals surface area (Å²) in [5.41, 5.74) is 3.29. The van der Waals surface area contributed by atoms with Crippen LogP contribution in [0.25, 0.3) is 0 Å².